The van der Waals surface area contributed by atoms with E-state index in [9.17, 15) is 0 Å². The molecule has 1 nitrogen and oxygen atoms in total. The average Bonchev–Trinajstić information content (AvgIpc) is 2.68. The van der Waals surface area contributed by atoms with Gasteiger partial charge in [-0.05, 0) is 52.6 Å². The molecule has 1 heterocycles. The second kappa shape index (κ2) is 5.68. The molecule has 1 aliphatic rings. The lowest BCUT2D eigenvalue weighted by atomic mass is 9.90. The topological polar surface area (TPSA) is 12.0 Å². The highest BCUT2D eigenvalue weighted by Crippen LogP contribution is 2.45. The minimum Gasteiger partial charge on any atom is -0.354 e. The molecule has 0 amide bonds. The summed E-state index contributed by atoms with van der Waals surface area (Å²) in [7, 11) is 0. The second-order valence-electron chi connectivity index (χ2n) is 6.30. The van der Waals surface area contributed by atoms with Gasteiger partial charge in [0.05, 0.1) is 0 Å². The number of para-hydroxylation sites is 1. The van der Waals surface area contributed by atoms with Crippen molar-refractivity contribution < 1.29 is 0 Å². The first-order valence-electron chi connectivity index (χ1n) is 8.42. The molecule has 0 bridgehead atoms. The summed E-state index contributed by atoms with van der Waals surface area (Å²) in [4.78, 5) is 1.31. The summed E-state index contributed by atoms with van der Waals surface area (Å²) in [6.07, 6.45) is 2.14. The lowest BCUT2D eigenvalue weighted by Crippen LogP contribution is -2.01. The Kier molecular flexibility index (Phi) is 3.32. The SMILES string of the molecule is CSc1ccccc1-c1cc2c3c(cccc3c1)-c1ccccc1N2. The van der Waals surface area contributed by atoms with Crippen LogP contribution in [0.15, 0.2) is 83.8 Å². The smallest absolute Gasteiger partial charge is 0.0476 e. The second-order valence-corrected chi connectivity index (χ2v) is 7.15. The van der Waals surface area contributed by atoms with Crippen LogP contribution in [0, 0.1) is 0 Å². The van der Waals surface area contributed by atoms with E-state index in [-0.39, 0.29) is 0 Å². The molecule has 0 saturated carbocycles. The Morgan fingerprint density at radius 3 is 2.32 bits per heavy atom. The Bertz CT molecular complexity index is 1110. The fourth-order valence-electron chi connectivity index (χ4n) is 3.76. The van der Waals surface area contributed by atoms with Gasteiger partial charge in [-0.2, -0.15) is 0 Å². The molecule has 1 N–H and O–H groups in total. The molecule has 2 heteroatoms. The highest BCUT2D eigenvalue weighted by atomic mass is 32.2. The average molecular weight is 339 g/mol. The van der Waals surface area contributed by atoms with Crippen molar-refractivity contribution in [3.05, 3.63) is 78.9 Å². The third-order valence-electron chi connectivity index (χ3n) is 4.88. The van der Waals surface area contributed by atoms with Crippen LogP contribution in [-0.2, 0) is 0 Å². The molecule has 0 aliphatic carbocycles. The van der Waals surface area contributed by atoms with Crippen molar-refractivity contribution >= 4 is 33.9 Å². The lowest BCUT2D eigenvalue weighted by molar-refractivity contribution is 1.45. The zero-order valence-corrected chi connectivity index (χ0v) is 14.7. The van der Waals surface area contributed by atoms with Gasteiger partial charge in [0.25, 0.3) is 0 Å². The quantitative estimate of drug-likeness (QED) is 0.349. The highest BCUT2D eigenvalue weighted by molar-refractivity contribution is 7.98. The van der Waals surface area contributed by atoms with E-state index < -0.39 is 0 Å². The van der Waals surface area contributed by atoms with Gasteiger partial charge in [0.2, 0.25) is 0 Å². The Labute approximate surface area is 151 Å². The molecular formula is C23H17NS. The van der Waals surface area contributed by atoms with Crippen molar-refractivity contribution in [3.8, 4) is 22.3 Å². The molecule has 0 saturated heterocycles. The maximum Gasteiger partial charge on any atom is 0.0476 e. The molecule has 0 unspecified atom stereocenters. The summed E-state index contributed by atoms with van der Waals surface area (Å²) in [5.74, 6) is 0. The number of fused-ring (bicyclic) bond motifs is 2. The zero-order chi connectivity index (χ0) is 16.8. The fraction of sp³-hybridized carbons (Fsp3) is 0.0435. The third-order valence-corrected chi connectivity index (χ3v) is 5.68. The van der Waals surface area contributed by atoms with Crippen molar-refractivity contribution in [2.75, 3.05) is 11.6 Å². The number of hydrogen-bond donors (Lipinski definition) is 1. The minimum atomic E-state index is 1.18. The molecule has 25 heavy (non-hydrogen) atoms. The van der Waals surface area contributed by atoms with Gasteiger partial charge in [-0.25, -0.2) is 0 Å². The van der Waals surface area contributed by atoms with Gasteiger partial charge in [-0.1, -0.05) is 54.6 Å². The van der Waals surface area contributed by atoms with E-state index in [1.54, 1.807) is 11.8 Å². The number of rotatable bonds is 2. The van der Waals surface area contributed by atoms with Gasteiger partial charge in [0, 0.05) is 27.2 Å². The maximum absolute atomic E-state index is 3.65. The van der Waals surface area contributed by atoms with Crippen LogP contribution in [0.4, 0.5) is 11.4 Å². The van der Waals surface area contributed by atoms with E-state index in [4.69, 9.17) is 0 Å². The van der Waals surface area contributed by atoms with Crippen LogP contribution < -0.4 is 5.32 Å². The third kappa shape index (κ3) is 2.25. The van der Waals surface area contributed by atoms with E-state index in [2.05, 4.69) is 90.4 Å². The highest BCUT2D eigenvalue weighted by Gasteiger charge is 2.18. The van der Waals surface area contributed by atoms with Crippen LogP contribution in [0.2, 0.25) is 0 Å². The number of nitrogens with one attached hydrogen (secondary N) is 1. The van der Waals surface area contributed by atoms with E-state index in [1.165, 1.54) is 49.3 Å². The summed E-state index contributed by atoms with van der Waals surface area (Å²) in [5.41, 5.74) is 7.51. The van der Waals surface area contributed by atoms with Crippen LogP contribution in [0.5, 0.6) is 0 Å². The van der Waals surface area contributed by atoms with Crippen molar-refractivity contribution in [1.29, 1.82) is 0 Å². The summed E-state index contributed by atoms with van der Waals surface area (Å²) in [6, 6.07) is 28.3. The molecule has 1 aliphatic heterocycles. The Morgan fingerprint density at radius 1 is 0.680 bits per heavy atom. The molecule has 0 spiro atoms. The van der Waals surface area contributed by atoms with E-state index in [0.29, 0.717) is 0 Å². The van der Waals surface area contributed by atoms with Gasteiger partial charge < -0.3 is 5.32 Å². The van der Waals surface area contributed by atoms with E-state index in [0.717, 1.165) is 0 Å². The first-order valence-corrected chi connectivity index (χ1v) is 9.64. The standard InChI is InChI=1S/C23H17NS/c1-25-22-12-5-3-8-17(22)16-13-15-7-6-10-19-18-9-2-4-11-20(18)24-21(14-16)23(15)19/h2-14,24H,1H3. The van der Waals surface area contributed by atoms with Gasteiger partial charge in [-0.3, -0.25) is 0 Å². The van der Waals surface area contributed by atoms with E-state index >= 15 is 0 Å². The number of hydrogen-bond acceptors (Lipinski definition) is 2. The minimum absolute atomic E-state index is 1.18. The van der Waals surface area contributed by atoms with Gasteiger partial charge in [0.15, 0.2) is 0 Å². The van der Waals surface area contributed by atoms with Gasteiger partial charge >= 0.3 is 0 Å². The van der Waals surface area contributed by atoms with Crippen molar-refractivity contribution in [2.45, 2.75) is 4.90 Å². The molecule has 0 radical (unpaired) electrons. The monoisotopic (exact) mass is 339 g/mol. The van der Waals surface area contributed by atoms with Crippen LogP contribution in [-0.4, -0.2) is 6.26 Å². The zero-order valence-electron chi connectivity index (χ0n) is 13.9. The number of thioether (sulfide) groups is 1. The molecule has 0 aromatic heterocycles. The molecule has 120 valence electrons. The van der Waals surface area contributed by atoms with Crippen LogP contribution in [0.25, 0.3) is 33.0 Å². The van der Waals surface area contributed by atoms with Crippen LogP contribution in [0.3, 0.4) is 0 Å². The van der Waals surface area contributed by atoms with Crippen LogP contribution in [0.1, 0.15) is 0 Å². The molecule has 0 atom stereocenters. The summed E-state index contributed by atoms with van der Waals surface area (Å²) < 4.78 is 0. The van der Waals surface area contributed by atoms with Crippen molar-refractivity contribution in [3.63, 3.8) is 0 Å². The molecule has 0 fully saturated rings. The Balaban J connectivity index is 1.81. The molecule has 4 aromatic rings. The van der Waals surface area contributed by atoms with Crippen molar-refractivity contribution in [1.82, 2.24) is 0 Å². The first-order chi connectivity index (χ1) is 12.3. The Hall–Kier alpha value is -2.71. The van der Waals surface area contributed by atoms with Gasteiger partial charge in [-0.15, -0.1) is 11.8 Å². The molecular weight excluding hydrogens is 322 g/mol. The van der Waals surface area contributed by atoms with Gasteiger partial charge in [0.1, 0.15) is 0 Å². The molecule has 4 aromatic carbocycles. The summed E-state index contributed by atoms with van der Waals surface area (Å²) >= 11 is 1.79. The van der Waals surface area contributed by atoms with E-state index in [1.807, 2.05) is 0 Å². The first kappa shape index (κ1) is 14.6. The summed E-state index contributed by atoms with van der Waals surface area (Å²) in [5, 5.41) is 6.24. The predicted octanol–water partition coefficient (Wildman–Crippen LogP) is 6.95. The van der Waals surface area contributed by atoms with Crippen molar-refractivity contribution in [2.24, 2.45) is 0 Å². The number of benzene rings is 4. The van der Waals surface area contributed by atoms with Crippen LogP contribution >= 0.6 is 11.8 Å². The normalized spacial score (nSPS) is 11.9. The predicted molar refractivity (Wildman–Crippen MR) is 110 cm³/mol. The largest absolute Gasteiger partial charge is 0.354 e. The Morgan fingerprint density at radius 2 is 1.44 bits per heavy atom. The fourth-order valence-corrected chi connectivity index (χ4v) is 4.38. The lowest BCUT2D eigenvalue weighted by Gasteiger charge is -2.23. The molecule has 5 rings (SSSR count). The maximum atomic E-state index is 3.65. The summed E-state index contributed by atoms with van der Waals surface area (Å²) in [6.45, 7) is 0. The number of anilines is 2.